The Morgan fingerprint density at radius 3 is 3.00 bits per heavy atom. The van der Waals surface area contributed by atoms with E-state index >= 15 is 0 Å². The first-order valence-electron chi connectivity index (χ1n) is 6.68. The molecule has 2 heterocycles. The minimum Gasteiger partial charge on any atom is -0.381 e. The summed E-state index contributed by atoms with van der Waals surface area (Å²) in [5.74, 6) is -0.157. The summed E-state index contributed by atoms with van der Waals surface area (Å²) in [4.78, 5) is 2.62. The fourth-order valence-electron chi connectivity index (χ4n) is 3.18. The molecule has 1 aromatic carbocycles. The van der Waals surface area contributed by atoms with E-state index in [1.54, 1.807) is 6.07 Å². The topological polar surface area (TPSA) is 15.3 Å². The molecule has 2 atom stereocenters. The number of piperidine rings is 1. The maximum Gasteiger partial charge on any atom is 0.124 e. The number of hydrogen-bond donors (Lipinski definition) is 1. The van der Waals surface area contributed by atoms with Crippen LogP contribution in [-0.2, 0) is 0 Å². The zero-order valence-corrected chi connectivity index (χ0v) is 12.5. The molecule has 0 radical (unpaired) electrons. The molecule has 2 aliphatic rings. The van der Waals surface area contributed by atoms with Crippen molar-refractivity contribution >= 4 is 28.3 Å². The van der Waals surface area contributed by atoms with Crippen molar-refractivity contribution in [2.75, 3.05) is 18.4 Å². The van der Waals surface area contributed by atoms with Crippen LogP contribution in [0.5, 0.6) is 0 Å². The number of hydrogen-bond acceptors (Lipinski definition) is 2. The Morgan fingerprint density at radius 1 is 1.28 bits per heavy atom. The third kappa shape index (κ3) is 2.64. The minimum absolute atomic E-state index is 0.157. The summed E-state index contributed by atoms with van der Waals surface area (Å²) in [5, 5.41) is 3.59. The average molecular weight is 360 g/mol. The second-order valence-electron chi connectivity index (χ2n) is 5.32. The monoisotopic (exact) mass is 360 g/mol. The van der Waals surface area contributed by atoms with E-state index in [1.807, 2.05) is 6.07 Å². The van der Waals surface area contributed by atoms with E-state index in [0.717, 1.165) is 15.3 Å². The summed E-state index contributed by atoms with van der Waals surface area (Å²) in [5.41, 5.74) is 1.08. The van der Waals surface area contributed by atoms with Crippen LogP contribution in [0.3, 0.4) is 0 Å². The Hall–Kier alpha value is -0.360. The number of anilines is 1. The Kier molecular flexibility index (Phi) is 3.75. The highest BCUT2D eigenvalue weighted by atomic mass is 127. The Labute approximate surface area is 121 Å². The maximum atomic E-state index is 13.1. The van der Waals surface area contributed by atoms with Crippen LogP contribution >= 0.6 is 22.6 Å². The van der Waals surface area contributed by atoms with E-state index in [-0.39, 0.29) is 5.82 Å². The highest BCUT2D eigenvalue weighted by Gasteiger charge is 2.31. The second kappa shape index (κ2) is 5.33. The van der Waals surface area contributed by atoms with Crippen LogP contribution in [-0.4, -0.2) is 30.1 Å². The summed E-state index contributed by atoms with van der Waals surface area (Å²) in [6, 6.07) is 6.30. The van der Waals surface area contributed by atoms with Crippen molar-refractivity contribution in [2.45, 2.75) is 37.8 Å². The highest BCUT2D eigenvalue weighted by Crippen LogP contribution is 2.29. The number of rotatable bonds is 2. The number of benzene rings is 1. The standard InChI is InChI=1S/C14H18FIN2/c15-10-3-4-14(13(16)8-10)17-11-5-7-18-6-1-2-12(18)9-11/h3-4,8,11-12,17H,1-2,5-7,9H2. The Balaban J connectivity index is 1.66. The third-order valence-corrected chi connectivity index (χ3v) is 5.00. The van der Waals surface area contributed by atoms with Crippen LogP contribution in [0, 0.1) is 9.39 Å². The van der Waals surface area contributed by atoms with Gasteiger partial charge < -0.3 is 10.2 Å². The predicted molar refractivity (Wildman–Crippen MR) is 80.4 cm³/mol. The van der Waals surface area contributed by atoms with Gasteiger partial charge in [0.05, 0.1) is 0 Å². The van der Waals surface area contributed by atoms with Crippen molar-refractivity contribution in [3.8, 4) is 0 Å². The largest absolute Gasteiger partial charge is 0.381 e. The summed E-state index contributed by atoms with van der Waals surface area (Å²) in [6.45, 7) is 2.49. The molecule has 4 heteroatoms. The van der Waals surface area contributed by atoms with Gasteiger partial charge in [0.15, 0.2) is 0 Å². The molecule has 0 aliphatic carbocycles. The molecule has 2 nitrogen and oxygen atoms in total. The molecule has 0 spiro atoms. The first-order valence-corrected chi connectivity index (χ1v) is 7.76. The van der Waals surface area contributed by atoms with Gasteiger partial charge >= 0.3 is 0 Å². The number of nitrogens with one attached hydrogen (secondary N) is 1. The van der Waals surface area contributed by atoms with Gasteiger partial charge in [0.1, 0.15) is 5.82 Å². The van der Waals surface area contributed by atoms with Crippen LogP contribution in [0.1, 0.15) is 25.7 Å². The van der Waals surface area contributed by atoms with E-state index in [2.05, 4.69) is 32.8 Å². The predicted octanol–water partition coefficient (Wildman–Crippen LogP) is 3.47. The van der Waals surface area contributed by atoms with E-state index in [0.29, 0.717) is 6.04 Å². The van der Waals surface area contributed by atoms with Crippen molar-refractivity contribution in [3.63, 3.8) is 0 Å². The summed E-state index contributed by atoms with van der Waals surface area (Å²) >= 11 is 2.20. The SMILES string of the molecule is Fc1ccc(NC2CCN3CCCC3C2)c(I)c1. The number of nitrogens with zero attached hydrogens (tertiary/aromatic N) is 1. The van der Waals surface area contributed by atoms with E-state index in [9.17, 15) is 4.39 Å². The Bertz CT molecular complexity index is 438. The van der Waals surface area contributed by atoms with Gasteiger partial charge in [-0.3, -0.25) is 0 Å². The normalized spacial score (nSPS) is 28.1. The van der Waals surface area contributed by atoms with Gasteiger partial charge in [-0.1, -0.05) is 0 Å². The molecule has 2 saturated heterocycles. The summed E-state index contributed by atoms with van der Waals surface area (Å²) in [7, 11) is 0. The molecular formula is C14H18FIN2. The van der Waals surface area contributed by atoms with E-state index < -0.39 is 0 Å². The van der Waals surface area contributed by atoms with Gasteiger partial charge in [-0.05, 0) is 73.0 Å². The lowest BCUT2D eigenvalue weighted by molar-refractivity contribution is 0.188. The van der Waals surface area contributed by atoms with Crippen LogP contribution in [0.4, 0.5) is 10.1 Å². The van der Waals surface area contributed by atoms with Gasteiger partial charge in [0.2, 0.25) is 0 Å². The first-order chi connectivity index (χ1) is 8.72. The average Bonchev–Trinajstić information content (AvgIpc) is 2.80. The molecule has 1 N–H and O–H groups in total. The first kappa shape index (κ1) is 12.7. The third-order valence-electron chi connectivity index (χ3n) is 4.11. The molecule has 0 bridgehead atoms. The van der Waals surface area contributed by atoms with Gasteiger partial charge in [-0.25, -0.2) is 4.39 Å². The van der Waals surface area contributed by atoms with Crippen LogP contribution in [0.2, 0.25) is 0 Å². The molecule has 0 saturated carbocycles. The molecule has 18 heavy (non-hydrogen) atoms. The molecular weight excluding hydrogens is 342 g/mol. The van der Waals surface area contributed by atoms with Crippen molar-refractivity contribution in [3.05, 3.63) is 27.6 Å². The minimum atomic E-state index is -0.157. The smallest absolute Gasteiger partial charge is 0.124 e. The number of fused-ring (bicyclic) bond motifs is 1. The zero-order valence-electron chi connectivity index (χ0n) is 10.3. The quantitative estimate of drug-likeness (QED) is 0.813. The van der Waals surface area contributed by atoms with E-state index in [4.69, 9.17) is 0 Å². The van der Waals surface area contributed by atoms with Gasteiger partial charge in [-0.2, -0.15) is 0 Å². The molecule has 2 unspecified atom stereocenters. The second-order valence-corrected chi connectivity index (χ2v) is 6.48. The zero-order chi connectivity index (χ0) is 12.5. The lowest BCUT2D eigenvalue weighted by Crippen LogP contribution is -2.42. The van der Waals surface area contributed by atoms with Crippen molar-refractivity contribution < 1.29 is 4.39 Å². The molecule has 2 fully saturated rings. The molecule has 2 aliphatic heterocycles. The molecule has 3 rings (SSSR count). The van der Waals surface area contributed by atoms with Crippen LogP contribution in [0.25, 0.3) is 0 Å². The van der Waals surface area contributed by atoms with Crippen molar-refractivity contribution in [2.24, 2.45) is 0 Å². The van der Waals surface area contributed by atoms with Crippen LogP contribution in [0.15, 0.2) is 18.2 Å². The summed E-state index contributed by atoms with van der Waals surface area (Å²) in [6.07, 6.45) is 5.13. The molecule has 1 aromatic rings. The van der Waals surface area contributed by atoms with E-state index in [1.165, 1.54) is 44.8 Å². The lowest BCUT2D eigenvalue weighted by atomic mass is 9.97. The van der Waals surface area contributed by atoms with Crippen molar-refractivity contribution in [1.82, 2.24) is 4.90 Å². The summed E-state index contributed by atoms with van der Waals surface area (Å²) < 4.78 is 14.0. The molecule has 98 valence electrons. The van der Waals surface area contributed by atoms with Gasteiger partial charge in [0.25, 0.3) is 0 Å². The van der Waals surface area contributed by atoms with Crippen LogP contribution < -0.4 is 5.32 Å². The number of halogens is 2. The lowest BCUT2D eigenvalue weighted by Gasteiger charge is -2.35. The molecule has 0 amide bonds. The fourth-order valence-corrected chi connectivity index (χ4v) is 3.81. The van der Waals surface area contributed by atoms with Gasteiger partial charge in [0, 0.05) is 27.9 Å². The fraction of sp³-hybridized carbons (Fsp3) is 0.571. The Morgan fingerprint density at radius 2 is 2.17 bits per heavy atom. The maximum absolute atomic E-state index is 13.1. The highest BCUT2D eigenvalue weighted by molar-refractivity contribution is 14.1. The van der Waals surface area contributed by atoms with Crippen molar-refractivity contribution in [1.29, 1.82) is 0 Å². The molecule has 0 aromatic heterocycles. The van der Waals surface area contributed by atoms with Gasteiger partial charge in [-0.15, -0.1) is 0 Å².